The first kappa shape index (κ1) is 11.8. The van der Waals surface area contributed by atoms with Crippen LogP contribution in [0.2, 0.25) is 5.02 Å². The Bertz CT molecular complexity index is 726. The predicted octanol–water partition coefficient (Wildman–Crippen LogP) is 4.26. The number of nitrogens with two attached hydrogens (primary N) is 1. The summed E-state index contributed by atoms with van der Waals surface area (Å²) < 4.78 is 5.78. The lowest BCUT2D eigenvalue weighted by Gasteiger charge is -2.09. The zero-order valence-corrected chi connectivity index (χ0v) is 10.8. The third kappa shape index (κ3) is 2.33. The molecule has 1 aromatic heterocycles. The molecule has 0 amide bonds. The lowest BCUT2D eigenvalue weighted by molar-refractivity contribution is 0.468. The van der Waals surface area contributed by atoms with E-state index in [0.717, 1.165) is 22.2 Å². The molecular weight excluding hydrogens is 260 g/mol. The lowest BCUT2D eigenvalue weighted by Crippen LogP contribution is -1.91. The molecule has 3 nitrogen and oxygen atoms in total. The molecule has 0 aliphatic heterocycles. The van der Waals surface area contributed by atoms with Gasteiger partial charge in [-0.15, -0.1) is 0 Å². The van der Waals surface area contributed by atoms with Crippen LogP contribution in [0.3, 0.4) is 0 Å². The molecule has 0 atom stereocenters. The second kappa shape index (κ2) is 4.78. The number of nitrogen functional groups attached to an aromatic ring is 1. The molecule has 3 aromatic rings. The number of anilines is 1. The van der Waals surface area contributed by atoms with Crippen LogP contribution >= 0.6 is 11.6 Å². The van der Waals surface area contributed by atoms with Crippen LogP contribution in [0.5, 0.6) is 11.6 Å². The van der Waals surface area contributed by atoms with E-state index in [1.165, 1.54) is 0 Å². The molecule has 3 rings (SSSR count). The van der Waals surface area contributed by atoms with Crippen molar-refractivity contribution in [3.05, 3.63) is 59.8 Å². The van der Waals surface area contributed by atoms with Crippen molar-refractivity contribution in [2.75, 3.05) is 5.73 Å². The summed E-state index contributed by atoms with van der Waals surface area (Å²) in [5, 5.41) is 2.50. The van der Waals surface area contributed by atoms with Gasteiger partial charge in [0, 0.05) is 28.7 Å². The fourth-order valence-corrected chi connectivity index (χ4v) is 2.03. The molecular formula is C15H11ClN2O. The van der Waals surface area contributed by atoms with Crippen molar-refractivity contribution in [2.45, 2.75) is 0 Å². The number of pyridine rings is 1. The smallest absolute Gasteiger partial charge is 0.219 e. The largest absolute Gasteiger partial charge is 0.438 e. The highest BCUT2D eigenvalue weighted by molar-refractivity contribution is 6.30. The molecule has 94 valence electrons. The quantitative estimate of drug-likeness (QED) is 0.708. The third-order valence-electron chi connectivity index (χ3n) is 2.83. The van der Waals surface area contributed by atoms with Crippen LogP contribution in [-0.4, -0.2) is 4.98 Å². The molecule has 0 aliphatic carbocycles. The Morgan fingerprint density at radius 2 is 1.74 bits per heavy atom. The van der Waals surface area contributed by atoms with Crippen LogP contribution < -0.4 is 10.5 Å². The SMILES string of the molecule is Nc1ccc(Oc2ccc(Cl)cn2)c2ccccc12. The second-order valence-electron chi connectivity index (χ2n) is 4.12. The molecule has 1 heterocycles. The second-order valence-corrected chi connectivity index (χ2v) is 4.55. The normalized spacial score (nSPS) is 10.6. The average Bonchev–Trinajstić information content (AvgIpc) is 2.45. The molecule has 4 heteroatoms. The van der Waals surface area contributed by atoms with E-state index in [4.69, 9.17) is 22.1 Å². The molecule has 2 N–H and O–H groups in total. The van der Waals surface area contributed by atoms with Crippen molar-refractivity contribution < 1.29 is 4.74 Å². The first-order valence-electron chi connectivity index (χ1n) is 5.81. The molecule has 2 aromatic carbocycles. The summed E-state index contributed by atoms with van der Waals surface area (Å²) in [6.07, 6.45) is 1.55. The van der Waals surface area contributed by atoms with Crippen molar-refractivity contribution in [1.29, 1.82) is 0 Å². The number of hydrogen-bond acceptors (Lipinski definition) is 3. The maximum atomic E-state index is 5.95. The molecule has 0 radical (unpaired) electrons. The van der Waals surface area contributed by atoms with Gasteiger partial charge in [0.15, 0.2) is 0 Å². The molecule has 0 spiro atoms. The topological polar surface area (TPSA) is 48.1 Å². The number of fused-ring (bicyclic) bond motifs is 1. The molecule has 0 unspecified atom stereocenters. The summed E-state index contributed by atoms with van der Waals surface area (Å²) in [6.45, 7) is 0. The Balaban J connectivity index is 2.06. The van der Waals surface area contributed by atoms with Crippen molar-refractivity contribution in [3.8, 4) is 11.6 Å². The van der Waals surface area contributed by atoms with Gasteiger partial charge >= 0.3 is 0 Å². The maximum Gasteiger partial charge on any atom is 0.219 e. The van der Waals surface area contributed by atoms with Crippen LogP contribution in [0.4, 0.5) is 5.69 Å². The van der Waals surface area contributed by atoms with Crippen molar-refractivity contribution >= 4 is 28.1 Å². The number of benzene rings is 2. The minimum atomic E-state index is 0.499. The summed E-state index contributed by atoms with van der Waals surface area (Å²) in [5.41, 5.74) is 6.68. The van der Waals surface area contributed by atoms with Gasteiger partial charge in [-0.3, -0.25) is 0 Å². The summed E-state index contributed by atoms with van der Waals surface area (Å²) in [4.78, 5) is 4.12. The molecule has 0 aliphatic rings. The van der Waals surface area contributed by atoms with Gasteiger partial charge < -0.3 is 10.5 Å². The minimum absolute atomic E-state index is 0.499. The number of aromatic nitrogens is 1. The van der Waals surface area contributed by atoms with E-state index in [2.05, 4.69) is 4.98 Å². The summed E-state index contributed by atoms with van der Waals surface area (Å²) in [6, 6.07) is 15.0. The van der Waals surface area contributed by atoms with E-state index < -0.39 is 0 Å². The van der Waals surface area contributed by atoms with Gasteiger partial charge in [-0.05, 0) is 18.2 Å². The number of rotatable bonds is 2. The number of ether oxygens (including phenoxy) is 1. The van der Waals surface area contributed by atoms with Gasteiger partial charge in [0.2, 0.25) is 5.88 Å². The van der Waals surface area contributed by atoms with E-state index in [-0.39, 0.29) is 0 Å². The number of hydrogen-bond donors (Lipinski definition) is 1. The summed E-state index contributed by atoms with van der Waals surface area (Å²) >= 11 is 5.80. The van der Waals surface area contributed by atoms with E-state index in [9.17, 15) is 0 Å². The first-order valence-corrected chi connectivity index (χ1v) is 6.18. The van der Waals surface area contributed by atoms with Gasteiger partial charge in [-0.1, -0.05) is 35.9 Å². The van der Waals surface area contributed by atoms with E-state index in [1.54, 1.807) is 18.3 Å². The fourth-order valence-electron chi connectivity index (χ4n) is 1.92. The Labute approximate surface area is 115 Å². The number of halogens is 1. The van der Waals surface area contributed by atoms with E-state index in [1.807, 2.05) is 36.4 Å². The summed E-state index contributed by atoms with van der Waals surface area (Å²) in [7, 11) is 0. The average molecular weight is 271 g/mol. The van der Waals surface area contributed by atoms with Gasteiger partial charge in [0.05, 0.1) is 5.02 Å². The molecule has 0 saturated carbocycles. The molecule has 0 bridgehead atoms. The van der Waals surface area contributed by atoms with Crippen molar-refractivity contribution in [2.24, 2.45) is 0 Å². The highest BCUT2D eigenvalue weighted by Gasteiger charge is 2.06. The highest BCUT2D eigenvalue weighted by atomic mass is 35.5. The van der Waals surface area contributed by atoms with Gasteiger partial charge in [0.25, 0.3) is 0 Å². The first-order chi connectivity index (χ1) is 9.24. The highest BCUT2D eigenvalue weighted by Crippen LogP contribution is 2.32. The van der Waals surface area contributed by atoms with Crippen LogP contribution in [0.15, 0.2) is 54.7 Å². The molecule has 19 heavy (non-hydrogen) atoms. The van der Waals surface area contributed by atoms with Crippen molar-refractivity contribution in [1.82, 2.24) is 4.98 Å². The lowest BCUT2D eigenvalue weighted by atomic mass is 10.1. The Morgan fingerprint density at radius 1 is 0.947 bits per heavy atom. The standard InChI is InChI=1S/C15H11ClN2O/c16-10-5-8-15(18-9-10)19-14-7-6-13(17)11-3-1-2-4-12(11)14/h1-9H,17H2. The van der Waals surface area contributed by atoms with Crippen LogP contribution in [0, 0.1) is 0 Å². The van der Waals surface area contributed by atoms with Gasteiger partial charge in [-0.25, -0.2) is 4.98 Å². The van der Waals surface area contributed by atoms with Crippen molar-refractivity contribution in [3.63, 3.8) is 0 Å². The van der Waals surface area contributed by atoms with Crippen LogP contribution in [-0.2, 0) is 0 Å². The zero-order chi connectivity index (χ0) is 13.2. The maximum absolute atomic E-state index is 5.95. The Hall–Kier alpha value is -2.26. The fraction of sp³-hybridized carbons (Fsp3) is 0. The van der Waals surface area contributed by atoms with Crippen LogP contribution in [0.25, 0.3) is 10.8 Å². The zero-order valence-electron chi connectivity index (χ0n) is 10.0. The Kier molecular flexibility index (Phi) is 2.97. The van der Waals surface area contributed by atoms with Crippen LogP contribution in [0.1, 0.15) is 0 Å². The van der Waals surface area contributed by atoms with E-state index in [0.29, 0.717) is 10.9 Å². The van der Waals surface area contributed by atoms with Gasteiger partial charge in [0.1, 0.15) is 5.75 Å². The molecule has 0 fully saturated rings. The Morgan fingerprint density at radius 3 is 2.47 bits per heavy atom. The summed E-state index contributed by atoms with van der Waals surface area (Å²) in [5.74, 6) is 1.22. The van der Waals surface area contributed by atoms with Gasteiger partial charge in [-0.2, -0.15) is 0 Å². The van der Waals surface area contributed by atoms with E-state index >= 15 is 0 Å². The monoisotopic (exact) mass is 270 g/mol. The predicted molar refractivity (Wildman–Crippen MR) is 77.7 cm³/mol. The number of nitrogens with zero attached hydrogens (tertiary/aromatic N) is 1. The molecule has 0 saturated heterocycles. The minimum Gasteiger partial charge on any atom is -0.438 e. The third-order valence-corrected chi connectivity index (χ3v) is 3.06.